The Morgan fingerprint density at radius 3 is 2.60 bits per heavy atom. The van der Waals surface area contributed by atoms with Crippen LogP contribution in [-0.2, 0) is 4.74 Å². The molecule has 4 heterocycles. The number of aromatic nitrogens is 6. The Morgan fingerprint density at radius 2 is 1.93 bits per heavy atom. The van der Waals surface area contributed by atoms with Crippen LogP contribution in [0.15, 0.2) is 23.3 Å². The van der Waals surface area contributed by atoms with Gasteiger partial charge >= 0.3 is 0 Å². The summed E-state index contributed by atoms with van der Waals surface area (Å²) in [6, 6.07) is 3.88. The van der Waals surface area contributed by atoms with E-state index in [2.05, 4.69) is 33.0 Å². The number of hydrogen-bond acceptors (Lipinski definition) is 7. The number of nitrogens with one attached hydrogen (secondary N) is 1. The van der Waals surface area contributed by atoms with Gasteiger partial charge in [0, 0.05) is 37.4 Å². The fraction of sp³-hybridized carbons (Fsp3) is 0.524. The predicted octanol–water partition coefficient (Wildman–Crippen LogP) is 2.43. The summed E-state index contributed by atoms with van der Waals surface area (Å²) in [7, 11) is 0. The maximum atomic E-state index is 12.9. The van der Waals surface area contributed by atoms with Crippen molar-refractivity contribution in [2.24, 2.45) is 5.92 Å². The highest BCUT2D eigenvalue weighted by atomic mass is 16.5. The summed E-state index contributed by atoms with van der Waals surface area (Å²) in [6.07, 6.45) is 7.19. The highest BCUT2D eigenvalue weighted by Crippen LogP contribution is 2.46. The van der Waals surface area contributed by atoms with E-state index in [4.69, 9.17) is 9.72 Å². The molecule has 3 atom stereocenters. The van der Waals surface area contributed by atoms with E-state index in [1.54, 1.807) is 23.1 Å². The number of nitrogens with zero attached hydrogens (tertiary/aromatic N) is 6. The molecule has 1 saturated carbocycles. The van der Waals surface area contributed by atoms with E-state index in [9.17, 15) is 10.1 Å². The zero-order valence-corrected chi connectivity index (χ0v) is 16.8. The van der Waals surface area contributed by atoms with Crippen molar-refractivity contribution >= 4 is 11.0 Å². The van der Waals surface area contributed by atoms with Gasteiger partial charge in [0.1, 0.15) is 23.1 Å². The van der Waals surface area contributed by atoms with Crippen molar-refractivity contribution in [3.05, 3.63) is 46.2 Å². The summed E-state index contributed by atoms with van der Waals surface area (Å²) in [5.74, 6) is 1.95. The number of rotatable bonds is 4. The second-order valence-electron chi connectivity index (χ2n) is 8.14. The van der Waals surface area contributed by atoms with Gasteiger partial charge < -0.3 is 9.72 Å². The van der Waals surface area contributed by atoms with Gasteiger partial charge in [0.2, 0.25) is 0 Å². The van der Waals surface area contributed by atoms with Crippen molar-refractivity contribution in [3.8, 4) is 6.07 Å². The van der Waals surface area contributed by atoms with Crippen LogP contribution in [0.5, 0.6) is 0 Å². The lowest BCUT2D eigenvalue weighted by molar-refractivity contribution is 0.0501. The van der Waals surface area contributed by atoms with E-state index in [0.29, 0.717) is 17.4 Å². The van der Waals surface area contributed by atoms with Gasteiger partial charge in [0.05, 0.1) is 6.04 Å². The summed E-state index contributed by atoms with van der Waals surface area (Å²) in [6.45, 7) is 3.52. The van der Waals surface area contributed by atoms with Gasteiger partial charge in [0.15, 0.2) is 11.3 Å². The second kappa shape index (κ2) is 7.61. The van der Waals surface area contributed by atoms with Crippen LogP contribution in [-0.4, -0.2) is 42.9 Å². The van der Waals surface area contributed by atoms with E-state index >= 15 is 0 Å². The highest BCUT2D eigenvalue weighted by Gasteiger charge is 2.38. The molecule has 154 valence electrons. The van der Waals surface area contributed by atoms with Crippen LogP contribution >= 0.6 is 0 Å². The number of nitriles is 1. The zero-order chi connectivity index (χ0) is 20.7. The quantitative estimate of drug-likeness (QED) is 0.707. The van der Waals surface area contributed by atoms with Gasteiger partial charge in [0.25, 0.3) is 5.56 Å². The topological polar surface area (TPSA) is 122 Å². The standard InChI is InChI=1S/C21H23N7O2/c1-12(13-5-9-30-10-6-13)28-20-17(16(11-22)27-28)21(29)26-19(25-20)15-4-3-14(15)18-23-7-2-8-24-18/h2,7-8,12-15H,3-6,9-10H2,1H3,(H,25,26,29)/t12-,14-,15-/m1/s1. The first kappa shape index (κ1) is 18.9. The zero-order valence-electron chi connectivity index (χ0n) is 16.8. The van der Waals surface area contributed by atoms with Gasteiger partial charge in [-0.05, 0) is 44.6 Å². The number of H-pyrrole nitrogens is 1. The van der Waals surface area contributed by atoms with Gasteiger partial charge in [-0.2, -0.15) is 10.4 Å². The summed E-state index contributed by atoms with van der Waals surface area (Å²) >= 11 is 0. The maximum absolute atomic E-state index is 12.9. The molecule has 0 bridgehead atoms. The SMILES string of the molecule is C[C@H](C1CCOCC1)n1nc(C#N)c2c(=O)[nH]c([C@@H]3CC[C@H]3c3ncccn3)nc21. The molecule has 9 nitrogen and oxygen atoms in total. The van der Waals surface area contributed by atoms with E-state index in [-0.39, 0.29) is 34.5 Å². The molecule has 1 saturated heterocycles. The van der Waals surface area contributed by atoms with Crippen LogP contribution in [0.1, 0.15) is 67.8 Å². The lowest BCUT2D eigenvalue weighted by Crippen LogP contribution is -2.28. The van der Waals surface area contributed by atoms with Crippen molar-refractivity contribution in [2.45, 2.75) is 50.5 Å². The molecule has 0 aromatic carbocycles. The fourth-order valence-corrected chi connectivity index (χ4v) is 4.64. The fourth-order valence-electron chi connectivity index (χ4n) is 4.64. The van der Waals surface area contributed by atoms with Gasteiger partial charge in [-0.3, -0.25) is 4.79 Å². The van der Waals surface area contributed by atoms with Crippen molar-refractivity contribution in [2.75, 3.05) is 13.2 Å². The first-order valence-electron chi connectivity index (χ1n) is 10.4. The molecule has 1 N–H and O–H groups in total. The monoisotopic (exact) mass is 405 g/mol. The summed E-state index contributed by atoms with van der Waals surface area (Å²) < 4.78 is 7.25. The molecule has 0 amide bonds. The molecule has 1 aliphatic carbocycles. The molecule has 2 fully saturated rings. The van der Waals surface area contributed by atoms with Crippen molar-refractivity contribution in [1.82, 2.24) is 29.7 Å². The van der Waals surface area contributed by atoms with E-state index in [1.807, 2.05) is 0 Å². The normalized spacial score (nSPS) is 23.1. The summed E-state index contributed by atoms with van der Waals surface area (Å²) in [5, 5.41) is 14.3. The average molecular weight is 405 g/mol. The van der Waals surface area contributed by atoms with E-state index in [0.717, 1.165) is 44.7 Å². The largest absolute Gasteiger partial charge is 0.381 e. The van der Waals surface area contributed by atoms with Gasteiger partial charge in [-0.25, -0.2) is 19.6 Å². The molecule has 9 heteroatoms. The third kappa shape index (κ3) is 3.08. The molecule has 5 rings (SSSR count). The molecular weight excluding hydrogens is 382 g/mol. The predicted molar refractivity (Wildman–Crippen MR) is 108 cm³/mol. The third-order valence-corrected chi connectivity index (χ3v) is 6.56. The number of ether oxygens (including phenoxy) is 1. The van der Waals surface area contributed by atoms with Gasteiger partial charge in [-0.15, -0.1) is 0 Å². The number of fused-ring (bicyclic) bond motifs is 1. The van der Waals surface area contributed by atoms with Crippen LogP contribution < -0.4 is 5.56 Å². The molecular formula is C21H23N7O2. The first-order valence-corrected chi connectivity index (χ1v) is 10.4. The minimum absolute atomic E-state index is 0.0234. The molecule has 0 spiro atoms. The Hall–Kier alpha value is -3.12. The maximum Gasteiger partial charge on any atom is 0.263 e. The minimum atomic E-state index is -0.309. The molecule has 2 aliphatic rings. The Morgan fingerprint density at radius 1 is 1.20 bits per heavy atom. The van der Waals surface area contributed by atoms with Crippen LogP contribution in [0.25, 0.3) is 11.0 Å². The molecule has 0 radical (unpaired) electrons. The molecule has 3 aromatic heterocycles. The highest BCUT2D eigenvalue weighted by molar-refractivity contribution is 5.80. The van der Waals surface area contributed by atoms with Crippen molar-refractivity contribution in [1.29, 1.82) is 5.26 Å². The van der Waals surface area contributed by atoms with Crippen molar-refractivity contribution in [3.63, 3.8) is 0 Å². The molecule has 30 heavy (non-hydrogen) atoms. The number of hydrogen-bond donors (Lipinski definition) is 1. The Kier molecular flexibility index (Phi) is 4.79. The summed E-state index contributed by atoms with van der Waals surface area (Å²) in [5.41, 5.74) is 0.307. The van der Waals surface area contributed by atoms with Crippen LogP contribution in [0.4, 0.5) is 0 Å². The summed E-state index contributed by atoms with van der Waals surface area (Å²) in [4.78, 5) is 29.4. The van der Waals surface area contributed by atoms with Crippen LogP contribution in [0.3, 0.4) is 0 Å². The number of aromatic amines is 1. The van der Waals surface area contributed by atoms with E-state index < -0.39 is 0 Å². The van der Waals surface area contributed by atoms with Crippen molar-refractivity contribution < 1.29 is 4.74 Å². The second-order valence-corrected chi connectivity index (χ2v) is 8.14. The lowest BCUT2D eigenvalue weighted by Gasteiger charge is -2.34. The third-order valence-electron chi connectivity index (χ3n) is 6.56. The Bertz CT molecular complexity index is 1160. The van der Waals surface area contributed by atoms with E-state index in [1.165, 1.54) is 0 Å². The smallest absolute Gasteiger partial charge is 0.263 e. The minimum Gasteiger partial charge on any atom is -0.381 e. The molecule has 1 aliphatic heterocycles. The lowest BCUT2D eigenvalue weighted by atomic mass is 9.72. The Balaban J connectivity index is 1.57. The van der Waals surface area contributed by atoms with Gasteiger partial charge in [-0.1, -0.05) is 0 Å². The van der Waals surface area contributed by atoms with Crippen LogP contribution in [0.2, 0.25) is 0 Å². The first-order chi connectivity index (χ1) is 14.7. The molecule has 0 unspecified atom stereocenters. The Labute approximate surface area is 173 Å². The average Bonchev–Trinajstić information content (AvgIpc) is 3.13. The van der Waals surface area contributed by atoms with Crippen LogP contribution in [0, 0.1) is 17.2 Å². The molecule has 3 aromatic rings.